The van der Waals surface area contributed by atoms with Crippen LogP contribution in [-0.4, -0.2) is 22.6 Å². The van der Waals surface area contributed by atoms with Crippen molar-refractivity contribution >= 4 is 5.91 Å². The first kappa shape index (κ1) is 13.2. The van der Waals surface area contributed by atoms with Crippen LogP contribution in [0.3, 0.4) is 0 Å². The molecule has 1 amide bonds. The molecule has 1 aromatic heterocycles. The van der Waals surface area contributed by atoms with Crippen molar-refractivity contribution in [2.75, 3.05) is 6.54 Å². The Labute approximate surface area is 108 Å². The topological polar surface area (TPSA) is 94.0 Å². The van der Waals surface area contributed by atoms with Gasteiger partial charge in [-0.1, -0.05) is 5.16 Å². The third-order valence-electron chi connectivity index (χ3n) is 2.58. The van der Waals surface area contributed by atoms with E-state index in [-0.39, 0.29) is 11.4 Å². The van der Waals surface area contributed by atoms with E-state index in [9.17, 15) is 9.18 Å². The number of nitrogens with two attached hydrogens (primary N) is 1. The lowest BCUT2D eigenvalue weighted by Gasteiger charge is -2.06. The maximum Gasteiger partial charge on any atom is 0.248 e. The van der Waals surface area contributed by atoms with Gasteiger partial charge in [-0.2, -0.15) is 4.98 Å². The van der Waals surface area contributed by atoms with Crippen molar-refractivity contribution in [2.45, 2.75) is 13.0 Å². The highest BCUT2D eigenvalue weighted by molar-refractivity contribution is 5.92. The first-order chi connectivity index (χ1) is 9.16. The van der Waals surface area contributed by atoms with Crippen LogP contribution in [0.5, 0.6) is 0 Å². The predicted octanol–water partition coefficient (Wildman–Crippen LogP) is 0.640. The summed E-state index contributed by atoms with van der Waals surface area (Å²) in [4.78, 5) is 14.9. The molecule has 100 valence electrons. The Balaban J connectivity index is 1.88. The number of hydrogen-bond donors (Lipinski definition) is 2. The Morgan fingerprint density at radius 1 is 1.47 bits per heavy atom. The maximum absolute atomic E-state index is 13.5. The van der Waals surface area contributed by atoms with Gasteiger partial charge in [-0.15, -0.1) is 0 Å². The zero-order valence-electron chi connectivity index (χ0n) is 10.1. The fraction of sp³-hybridized carbons (Fsp3) is 0.250. The van der Waals surface area contributed by atoms with Crippen molar-refractivity contribution in [3.8, 4) is 0 Å². The Bertz CT molecular complexity index is 557. The molecule has 19 heavy (non-hydrogen) atoms. The first-order valence-corrected chi connectivity index (χ1v) is 5.71. The summed E-state index contributed by atoms with van der Waals surface area (Å²) in [5.41, 5.74) is 5.82. The van der Waals surface area contributed by atoms with E-state index in [4.69, 9.17) is 5.73 Å². The molecule has 7 heteroatoms. The molecule has 0 saturated carbocycles. The van der Waals surface area contributed by atoms with Crippen LogP contribution < -0.4 is 11.1 Å². The molecule has 2 rings (SSSR count). The molecule has 0 unspecified atom stereocenters. The van der Waals surface area contributed by atoms with Crippen molar-refractivity contribution in [2.24, 2.45) is 5.73 Å². The second-order valence-electron chi connectivity index (χ2n) is 3.94. The van der Waals surface area contributed by atoms with Gasteiger partial charge in [-0.05, 0) is 18.2 Å². The molecule has 0 aliphatic heterocycles. The van der Waals surface area contributed by atoms with Gasteiger partial charge < -0.3 is 15.6 Å². The van der Waals surface area contributed by atoms with Crippen LogP contribution in [0.2, 0.25) is 0 Å². The molecule has 0 saturated heterocycles. The number of hydrogen-bond acceptors (Lipinski definition) is 5. The number of benzene rings is 1. The van der Waals surface area contributed by atoms with Gasteiger partial charge in [0.15, 0.2) is 5.82 Å². The summed E-state index contributed by atoms with van der Waals surface area (Å²) in [6.45, 7) is 0.866. The molecule has 0 spiro atoms. The number of carbonyl (C=O) groups excluding carboxylic acids is 1. The van der Waals surface area contributed by atoms with E-state index >= 15 is 0 Å². The second-order valence-corrected chi connectivity index (χ2v) is 3.94. The number of primary amides is 1. The zero-order valence-corrected chi connectivity index (χ0v) is 10.1. The smallest absolute Gasteiger partial charge is 0.248 e. The van der Waals surface area contributed by atoms with Gasteiger partial charge in [0.05, 0.1) is 0 Å². The average molecular weight is 264 g/mol. The van der Waals surface area contributed by atoms with Crippen molar-refractivity contribution in [3.05, 3.63) is 47.4 Å². The van der Waals surface area contributed by atoms with Crippen molar-refractivity contribution in [1.29, 1.82) is 0 Å². The molecule has 2 aromatic rings. The highest BCUT2D eigenvalue weighted by Gasteiger charge is 2.07. The molecular formula is C12H13FN4O2. The van der Waals surface area contributed by atoms with Crippen LogP contribution in [-0.2, 0) is 13.0 Å². The SMILES string of the molecule is NC(=O)c1ccc(F)c(CNCCc2ncon2)c1. The summed E-state index contributed by atoms with van der Waals surface area (Å²) in [6.07, 6.45) is 1.83. The fourth-order valence-electron chi connectivity index (χ4n) is 1.59. The summed E-state index contributed by atoms with van der Waals surface area (Å²) in [5.74, 6) is -0.371. The minimum atomic E-state index is -0.576. The number of carbonyl (C=O) groups is 1. The van der Waals surface area contributed by atoms with Crippen LogP contribution in [0.4, 0.5) is 4.39 Å². The molecule has 0 atom stereocenters. The largest absolute Gasteiger partial charge is 0.366 e. The standard InChI is InChI=1S/C12H13FN4O2/c13-10-2-1-8(12(14)18)5-9(10)6-15-4-3-11-16-7-19-17-11/h1-2,5,7,15H,3-4,6H2,(H2,14,18). The summed E-state index contributed by atoms with van der Waals surface area (Å²) < 4.78 is 18.1. The molecule has 0 fully saturated rings. The van der Waals surface area contributed by atoms with Gasteiger partial charge >= 0.3 is 0 Å². The lowest BCUT2D eigenvalue weighted by Crippen LogP contribution is -2.19. The van der Waals surface area contributed by atoms with Gasteiger partial charge in [0.1, 0.15) is 5.82 Å². The normalized spacial score (nSPS) is 10.6. The van der Waals surface area contributed by atoms with E-state index in [0.717, 1.165) is 0 Å². The highest BCUT2D eigenvalue weighted by Crippen LogP contribution is 2.10. The van der Waals surface area contributed by atoms with Gasteiger partial charge in [0.25, 0.3) is 0 Å². The van der Waals surface area contributed by atoms with E-state index in [2.05, 4.69) is 20.0 Å². The van der Waals surface area contributed by atoms with E-state index < -0.39 is 5.91 Å². The average Bonchev–Trinajstić information content (AvgIpc) is 2.89. The summed E-state index contributed by atoms with van der Waals surface area (Å²) in [7, 11) is 0. The van der Waals surface area contributed by atoms with Crippen LogP contribution in [0.15, 0.2) is 29.1 Å². The molecule has 0 radical (unpaired) electrons. The number of nitrogens with one attached hydrogen (secondary N) is 1. The zero-order chi connectivity index (χ0) is 13.7. The Morgan fingerprint density at radius 3 is 3.00 bits per heavy atom. The molecule has 1 heterocycles. The molecule has 1 aromatic carbocycles. The van der Waals surface area contributed by atoms with Crippen molar-refractivity contribution in [3.63, 3.8) is 0 Å². The molecule has 3 N–H and O–H groups in total. The van der Waals surface area contributed by atoms with E-state index in [1.54, 1.807) is 0 Å². The number of halogens is 1. The van der Waals surface area contributed by atoms with Crippen LogP contribution in [0.1, 0.15) is 21.7 Å². The van der Waals surface area contributed by atoms with E-state index in [0.29, 0.717) is 30.9 Å². The van der Waals surface area contributed by atoms with E-state index in [1.807, 2.05) is 0 Å². The Hall–Kier alpha value is -2.28. The summed E-state index contributed by atoms with van der Waals surface area (Å²) in [6, 6.07) is 4.04. The Kier molecular flexibility index (Phi) is 4.19. The van der Waals surface area contributed by atoms with E-state index in [1.165, 1.54) is 24.6 Å². The number of rotatable bonds is 6. The molecular weight excluding hydrogens is 251 g/mol. The lowest BCUT2D eigenvalue weighted by atomic mass is 10.1. The number of amides is 1. The van der Waals surface area contributed by atoms with Crippen LogP contribution in [0.25, 0.3) is 0 Å². The van der Waals surface area contributed by atoms with Crippen LogP contribution >= 0.6 is 0 Å². The van der Waals surface area contributed by atoms with Crippen molar-refractivity contribution in [1.82, 2.24) is 15.5 Å². The number of nitrogens with zero attached hydrogens (tertiary/aromatic N) is 2. The van der Waals surface area contributed by atoms with Crippen molar-refractivity contribution < 1.29 is 13.7 Å². The molecule has 0 bridgehead atoms. The maximum atomic E-state index is 13.5. The van der Waals surface area contributed by atoms with Crippen LogP contribution in [0, 0.1) is 5.82 Å². The summed E-state index contributed by atoms with van der Waals surface area (Å²) in [5, 5.41) is 6.69. The molecule has 0 aliphatic rings. The molecule has 6 nitrogen and oxygen atoms in total. The third-order valence-corrected chi connectivity index (χ3v) is 2.58. The fourth-order valence-corrected chi connectivity index (χ4v) is 1.59. The van der Waals surface area contributed by atoms with Gasteiger partial charge in [-0.3, -0.25) is 4.79 Å². The summed E-state index contributed by atoms with van der Waals surface area (Å²) >= 11 is 0. The van der Waals surface area contributed by atoms with Gasteiger partial charge in [0.2, 0.25) is 12.3 Å². The predicted molar refractivity (Wildman–Crippen MR) is 64.6 cm³/mol. The second kappa shape index (κ2) is 6.05. The minimum Gasteiger partial charge on any atom is -0.366 e. The first-order valence-electron chi connectivity index (χ1n) is 5.71. The number of aromatic nitrogens is 2. The lowest BCUT2D eigenvalue weighted by molar-refractivity contribution is 0.1000. The van der Waals surface area contributed by atoms with Gasteiger partial charge in [0, 0.05) is 30.6 Å². The minimum absolute atomic E-state index is 0.288. The third kappa shape index (κ3) is 3.59. The highest BCUT2D eigenvalue weighted by atomic mass is 19.1. The quantitative estimate of drug-likeness (QED) is 0.747. The van der Waals surface area contributed by atoms with Gasteiger partial charge in [-0.25, -0.2) is 4.39 Å². The Morgan fingerprint density at radius 2 is 2.32 bits per heavy atom. The molecule has 0 aliphatic carbocycles. The monoisotopic (exact) mass is 264 g/mol.